The van der Waals surface area contributed by atoms with E-state index in [1.54, 1.807) is 16.9 Å². The molecule has 0 unspecified atom stereocenters. The van der Waals surface area contributed by atoms with Crippen LogP contribution in [0, 0.1) is 0 Å². The van der Waals surface area contributed by atoms with Gasteiger partial charge in [0, 0.05) is 43.9 Å². The molecule has 1 aromatic carbocycles. The Balaban J connectivity index is 1.62. The maximum atomic E-state index is 12.9. The van der Waals surface area contributed by atoms with Crippen molar-refractivity contribution in [1.82, 2.24) is 19.6 Å². The van der Waals surface area contributed by atoms with Crippen LogP contribution in [0.15, 0.2) is 30.3 Å². The van der Waals surface area contributed by atoms with Crippen molar-refractivity contribution >= 4 is 12.3 Å². The number of piperazine rings is 1. The Labute approximate surface area is 152 Å². The standard InChI is InChI=1S/C19H22N4O3/c1-26-16-4-2-3-15(11-16)23-18(14-5-6-14)12-17(20-23)19(25)22-9-7-21(13-24)8-10-22/h2-4,11-14H,5-10H2,1H3. The Hall–Kier alpha value is -2.83. The fraction of sp³-hybridized carbons (Fsp3) is 0.421. The van der Waals surface area contributed by atoms with Crippen molar-refractivity contribution in [2.45, 2.75) is 18.8 Å². The first kappa shape index (κ1) is 16.6. The first-order valence-electron chi connectivity index (χ1n) is 8.92. The predicted octanol–water partition coefficient (Wildman–Crippen LogP) is 1.67. The number of carbonyl (C=O) groups is 2. The molecule has 7 nitrogen and oxygen atoms in total. The second kappa shape index (κ2) is 6.82. The lowest BCUT2D eigenvalue weighted by Gasteiger charge is -2.32. The molecule has 4 rings (SSSR count). The topological polar surface area (TPSA) is 67.7 Å². The molecule has 136 valence electrons. The summed E-state index contributed by atoms with van der Waals surface area (Å²) in [4.78, 5) is 27.2. The number of nitrogens with zero attached hydrogens (tertiary/aromatic N) is 4. The number of ether oxygens (including phenoxy) is 1. The summed E-state index contributed by atoms with van der Waals surface area (Å²) >= 11 is 0. The van der Waals surface area contributed by atoms with Gasteiger partial charge in [0.15, 0.2) is 5.69 Å². The molecule has 0 bridgehead atoms. The van der Waals surface area contributed by atoms with Crippen molar-refractivity contribution < 1.29 is 14.3 Å². The van der Waals surface area contributed by atoms with E-state index in [0.717, 1.165) is 36.4 Å². The van der Waals surface area contributed by atoms with Crippen LogP contribution in [0.4, 0.5) is 0 Å². The quantitative estimate of drug-likeness (QED) is 0.766. The number of hydrogen-bond donors (Lipinski definition) is 0. The molecule has 0 N–H and O–H groups in total. The molecule has 1 saturated heterocycles. The Kier molecular flexibility index (Phi) is 4.36. The summed E-state index contributed by atoms with van der Waals surface area (Å²) in [5.41, 5.74) is 2.44. The highest BCUT2D eigenvalue weighted by Crippen LogP contribution is 2.41. The third kappa shape index (κ3) is 3.16. The minimum Gasteiger partial charge on any atom is -0.497 e. The van der Waals surface area contributed by atoms with Crippen LogP contribution in [0.25, 0.3) is 5.69 Å². The molecule has 1 aliphatic heterocycles. The number of aromatic nitrogens is 2. The van der Waals surface area contributed by atoms with Gasteiger partial charge in [0.25, 0.3) is 5.91 Å². The van der Waals surface area contributed by atoms with Gasteiger partial charge < -0.3 is 14.5 Å². The molecular formula is C19H22N4O3. The average molecular weight is 354 g/mol. The van der Waals surface area contributed by atoms with Crippen LogP contribution in [0.5, 0.6) is 5.75 Å². The van der Waals surface area contributed by atoms with E-state index in [9.17, 15) is 9.59 Å². The summed E-state index contributed by atoms with van der Waals surface area (Å²) in [6, 6.07) is 9.63. The van der Waals surface area contributed by atoms with Gasteiger partial charge in [-0.15, -0.1) is 0 Å². The van der Waals surface area contributed by atoms with Crippen molar-refractivity contribution in [1.29, 1.82) is 0 Å². The van der Waals surface area contributed by atoms with Gasteiger partial charge in [-0.1, -0.05) is 6.07 Å². The summed E-state index contributed by atoms with van der Waals surface area (Å²) in [5.74, 6) is 1.15. The molecule has 2 aromatic rings. The maximum Gasteiger partial charge on any atom is 0.274 e. The van der Waals surface area contributed by atoms with Gasteiger partial charge in [-0.25, -0.2) is 4.68 Å². The van der Waals surface area contributed by atoms with Crippen LogP contribution in [-0.2, 0) is 4.79 Å². The molecule has 2 heterocycles. The normalized spacial score (nSPS) is 17.3. The van der Waals surface area contributed by atoms with Crippen molar-refractivity contribution in [3.05, 3.63) is 41.7 Å². The van der Waals surface area contributed by atoms with E-state index >= 15 is 0 Å². The highest BCUT2D eigenvalue weighted by molar-refractivity contribution is 5.92. The molecule has 26 heavy (non-hydrogen) atoms. The summed E-state index contributed by atoms with van der Waals surface area (Å²) in [5, 5.41) is 4.62. The van der Waals surface area contributed by atoms with Gasteiger partial charge in [-0.3, -0.25) is 9.59 Å². The Bertz CT molecular complexity index is 820. The molecule has 2 fully saturated rings. The van der Waals surface area contributed by atoms with Crippen LogP contribution < -0.4 is 4.74 Å². The first-order valence-corrected chi connectivity index (χ1v) is 8.92. The molecule has 0 radical (unpaired) electrons. The third-order valence-electron chi connectivity index (χ3n) is 5.00. The van der Waals surface area contributed by atoms with Gasteiger partial charge in [0.05, 0.1) is 12.8 Å². The van der Waals surface area contributed by atoms with Gasteiger partial charge in [0.1, 0.15) is 5.75 Å². The zero-order chi connectivity index (χ0) is 18.1. The van der Waals surface area contributed by atoms with Crippen LogP contribution >= 0.6 is 0 Å². The minimum absolute atomic E-state index is 0.0703. The number of rotatable bonds is 5. The van der Waals surface area contributed by atoms with E-state index in [0.29, 0.717) is 37.8 Å². The highest BCUT2D eigenvalue weighted by atomic mass is 16.5. The van der Waals surface area contributed by atoms with Gasteiger partial charge in [-0.2, -0.15) is 5.10 Å². The molecule has 7 heteroatoms. The zero-order valence-electron chi connectivity index (χ0n) is 14.8. The predicted molar refractivity (Wildman–Crippen MR) is 95.6 cm³/mol. The summed E-state index contributed by atoms with van der Waals surface area (Å²) < 4.78 is 7.18. The zero-order valence-corrected chi connectivity index (χ0v) is 14.8. The molecule has 2 amide bonds. The number of hydrogen-bond acceptors (Lipinski definition) is 4. The largest absolute Gasteiger partial charge is 0.497 e. The van der Waals surface area contributed by atoms with E-state index in [2.05, 4.69) is 5.10 Å². The van der Waals surface area contributed by atoms with E-state index < -0.39 is 0 Å². The molecule has 0 spiro atoms. The Morgan fingerprint density at radius 1 is 1.19 bits per heavy atom. The van der Waals surface area contributed by atoms with Crippen LogP contribution in [-0.4, -0.2) is 65.2 Å². The van der Waals surface area contributed by atoms with E-state index in [4.69, 9.17) is 4.74 Å². The molecule has 1 aromatic heterocycles. The molecule has 0 atom stereocenters. The van der Waals surface area contributed by atoms with Crippen molar-refractivity contribution in [3.63, 3.8) is 0 Å². The maximum absolute atomic E-state index is 12.9. The lowest BCUT2D eigenvalue weighted by Crippen LogP contribution is -2.48. The molecule has 2 aliphatic rings. The Morgan fingerprint density at radius 3 is 2.62 bits per heavy atom. The fourth-order valence-electron chi connectivity index (χ4n) is 3.31. The minimum atomic E-state index is -0.0703. The van der Waals surface area contributed by atoms with Crippen LogP contribution in [0.1, 0.15) is 34.9 Å². The lowest BCUT2D eigenvalue weighted by atomic mass is 10.2. The highest BCUT2D eigenvalue weighted by Gasteiger charge is 2.31. The van der Waals surface area contributed by atoms with Crippen molar-refractivity contribution in [2.75, 3.05) is 33.3 Å². The van der Waals surface area contributed by atoms with Gasteiger partial charge >= 0.3 is 0 Å². The van der Waals surface area contributed by atoms with E-state index in [1.807, 2.05) is 35.0 Å². The van der Waals surface area contributed by atoms with E-state index in [-0.39, 0.29) is 5.91 Å². The average Bonchev–Trinajstić information content (AvgIpc) is 3.45. The monoisotopic (exact) mass is 354 g/mol. The summed E-state index contributed by atoms with van der Waals surface area (Å²) in [6.07, 6.45) is 3.09. The van der Waals surface area contributed by atoms with Gasteiger partial charge in [-0.05, 0) is 31.0 Å². The van der Waals surface area contributed by atoms with E-state index in [1.165, 1.54) is 0 Å². The number of carbonyl (C=O) groups excluding carboxylic acids is 2. The SMILES string of the molecule is COc1cccc(-n2nc(C(=O)N3CCN(C=O)CC3)cc2C2CC2)c1. The smallest absolute Gasteiger partial charge is 0.274 e. The number of amides is 2. The second-order valence-corrected chi connectivity index (χ2v) is 6.78. The van der Waals surface area contributed by atoms with Gasteiger partial charge in [0.2, 0.25) is 6.41 Å². The van der Waals surface area contributed by atoms with Crippen molar-refractivity contribution in [2.24, 2.45) is 0 Å². The molecular weight excluding hydrogens is 332 g/mol. The Morgan fingerprint density at radius 2 is 1.96 bits per heavy atom. The molecule has 1 saturated carbocycles. The van der Waals surface area contributed by atoms with Crippen molar-refractivity contribution in [3.8, 4) is 11.4 Å². The summed E-state index contributed by atoms with van der Waals surface area (Å²) in [7, 11) is 1.64. The van der Waals surface area contributed by atoms with Crippen LogP contribution in [0.3, 0.4) is 0 Å². The van der Waals surface area contributed by atoms with Crippen LogP contribution in [0.2, 0.25) is 0 Å². The molecule has 1 aliphatic carbocycles. The number of benzene rings is 1. The summed E-state index contributed by atoms with van der Waals surface area (Å²) in [6.45, 7) is 2.23. The number of methoxy groups -OCH3 is 1. The first-order chi connectivity index (χ1) is 12.7. The lowest BCUT2D eigenvalue weighted by molar-refractivity contribution is -0.119. The second-order valence-electron chi connectivity index (χ2n) is 6.78. The fourth-order valence-corrected chi connectivity index (χ4v) is 3.31. The third-order valence-corrected chi connectivity index (χ3v) is 5.00.